The van der Waals surface area contributed by atoms with Crippen molar-refractivity contribution in [1.82, 2.24) is 19.4 Å². The molecule has 1 saturated carbocycles. The highest BCUT2D eigenvalue weighted by molar-refractivity contribution is 5.86. The number of carbonyl (C=O) groups is 2. The quantitative estimate of drug-likeness (QED) is 0.838. The predicted molar refractivity (Wildman–Crippen MR) is 102 cm³/mol. The van der Waals surface area contributed by atoms with Crippen LogP contribution in [0, 0.1) is 5.41 Å². The summed E-state index contributed by atoms with van der Waals surface area (Å²) in [6, 6.07) is 8.06. The van der Waals surface area contributed by atoms with Crippen LogP contribution in [0.5, 0.6) is 0 Å². The highest BCUT2D eigenvalue weighted by Crippen LogP contribution is 2.42. The zero-order chi connectivity index (χ0) is 18.6. The van der Waals surface area contributed by atoms with Gasteiger partial charge in [-0.15, -0.1) is 0 Å². The number of benzene rings is 1. The van der Waals surface area contributed by atoms with Gasteiger partial charge in [0.1, 0.15) is 12.4 Å². The lowest BCUT2D eigenvalue weighted by atomic mass is 9.78. The maximum atomic E-state index is 13.1. The fourth-order valence-electron chi connectivity index (χ4n) is 4.88. The van der Waals surface area contributed by atoms with Gasteiger partial charge in [0.2, 0.25) is 11.8 Å². The van der Waals surface area contributed by atoms with E-state index in [9.17, 15) is 9.59 Å². The average molecular weight is 366 g/mol. The molecule has 2 aromatic rings. The van der Waals surface area contributed by atoms with Gasteiger partial charge in [-0.3, -0.25) is 9.59 Å². The number of piperidine rings is 1. The lowest BCUT2D eigenvalue weighted by Crippen LogP contribution is -2.48. The molecular formula is C21H26N4O2. The largest absolute Gasteiger partial charge is 0.345 e. The van der Waals surface area contributed by atoms with Gasteiger partial charge in [0.25, 0.3) is 0 Å². The molecular weight excluding hydrogens is 340 g/mol. The summed E-state index contributed by atoms with van der Waals surface area (Å²) in [6.07, 6.45) is 5.04. The monoisotopic (exact) mass is 366 g/mol. The molecule has 0 radical (unpaired) electrons. The second-order valence-corrected chi connectivity index (χ2v) is 8.50. The first-order chi connectivity index (χ1) is 13.1. The van der Waals surface area contributed by atoms with Gasteiger partial charge in [0, 0.05) is 32.6 Å². The normalized spacial score (nSPS) is 25.7. The van der Waals surface area contributed by atoms with Crippen molar-refractivity contribution in [3.05, 3.63) is 30.1 Å². The molecule has 3 aliphatic rings. The van der Waals surface area contributed by atoms with E-state index in [-0.39, 0.29) is 17.2 Å². The number of fused-ring (bicyclic) bond motifs is 1. The number of nitrogens with zero attached hydrogens (tertiary/aromatic N) is 4. The van der Waals surface area contributed by atoms with E-state index < -0.39 is 0 Å². The maximum absolute atomic E-state index is 13.1. The number of hydrogen-bond acceptors (Lipinski definition) is 3. The van der Waals surface area contributed by atoms with Crippen LogP contribution in [-0.4, -0.2) is 57.8 Å². The first-order valence-electron chi connectivity index (χ1n) is 10.1. The van der Waals surface area contributed by atoms with Crippen molar-refractivity contribution in [1.29, 1.82) is 0 Å². The summed E-state index contributed by atoms with van der Waals surface area (Å²) >= 11 is 0. The van der Waals surface area contributed by atoms with Crippen molar-refractivity contribution in [2.45, 2.75) is 44.6 Å². The zero-order valence-corrected chi connectivity index (χ0v) is 15.9. The van der Waals surface area contributed by atoms with Crippen LogP contribution < -0.4 is 0 Å². The van der Waals surface area contributed by atoms with Crippen molar-refractivity contribution < 1.29 is 9.59 Å². The van der Waals surface area contributed by atoms with E-state index in [1.165, 1.54) is 0 Å². The minimum Gasteiger partial charge on any atom is -0.345 e. The van der Waals surface area contributed by atoms with E-state index in [2.05, 4.69) is 4.57 Å². The number of likely N-dealkylation sites (tertiary alicyclic amines) is 2. The van der Waals surface area contributed by atoms with Gasteiger partial charge in [0.05, 0.1) is 16.4 Å². The SMILES string of the molecule is CN1CCC[C@@]2(CCN(C(=O)Cn3c(C4CC4)nc4ccccc43)C2)C1=O. The van der Waals surface area contributed by atoms with E-state index in [0.717, 1.165) is 55.5 Å². The van der Waals surface area contributed by atoms with E-state index in [0.29, 0.717) is 25.6 Å². The molecule has 3 fully saturated rings. The molecule has 1 aromatic heterocycles. The van der Waals surface area contributed by atoms with Gasteiger partial charge in [-0.2, -0.15) is 0 Å². The second-order valence-electron chi connectivity index (χ2n) is 8.50. The molecule has 5 rings (SSSR count). The van der Waals surface area contributed by atoms with Crippen molar-refractivity contribution in [2.24, 2.45) is 5.41 Å². The van der Waals surface area contributed by atoms with Crippen LogP contribution in [0.25, 0.3) is 11.0 Å². The molecule has 1 aromatic carbocycles. The first-order valence-corrected chi connectivity index (χ1v) is 10.1. The van der Waals surface area contributed by atoms with E-state index in [1.807, 2.05) is 41.1 Å². The predicted octanol–water partition coefficient (Wildman–Crippen LogP) is 2.38. The summed E-state index contributed by atoms with van der Waals surface area (Å²) < 4.78 is 2.11. The summed E-state index contributed by atoms with van der Waals surface area (Å²) in [5.41, 5.74) is 1.66. The molecule has 3 heterocycles. The molecule has 6 nitrogen and oxygen atoms in total. The third-order valence-corrected chi connectivity index (χ3v) is 6.58. The highest BCUT2D eigenvalue weighted by atomic mass is 16.2. The molecule has 0 bridgehead atoms. The van der Waals surface area contributed by atoms with Crippen molar-refractivity contribution in [2.75, 3.05) is 26.7 Å². The molecule has 2 aliphatic heterocycles. The maximum Gasteiger partial charge on any atom is 0.242 e. The van der Waals surface area contributed by atoms with Crippen LogP contribution in [-0.2, 0) is 16.1 Å². The molecule has 0 unspecified atom stereocenters. The third-order valence-electron chi connectivity index (χ3n) is 6.58. The molecule has 142 valence electrons. The number of rotatable bonds is 3. The van der Waals surface area contributed by atoms with Crippen LogP contribution >= 0.6 is 0 Å². The van der Waals surface area contributed by atoms with Crippen LogP contribution in [0.15, 0.2) is 24.3 Å². The smallest absolute Gasteiger partial charge is 0.242 e. The van der Waals surface area contributed by atoms with Crippen LogP contribution in [0.2, 0.25) is 0 Å². The first kappa shape index (κ1) is 16.8. The summed E-state index contributed by atoms with van der Waals surface area (Å²) in [5, 5.41) is 0. The number of carbonyl (C=O) groups excluding carboxylic acids is 2. The third kappa shape index (κ3) is 2.73. The lowest BCUT2D eigenvalue weighted by molar-refractivity contribution is -0.144. The molecule has 1 spiro atoms. The molecule has 27 heavy (non-hydrogen) atoms. The fourth-order valence-corrected chi connectivity index (χ4v) is 4.88. The average Bonchev–Trinajstić information content (AvgIpc) is 3.33. The number of para-hydroxylation sites is 2. The minimum absolute atomic E-state index is 0.109. The lowest BCUT2D eigenvalue weighted by Gasteiger charge is -2.37. The van der Waals surface area contributed by atoms with E-state index in [4.69, 9.17) is 4.98 Å². The minimum atomic E-state index is -0.348. The Morgan fingerprint density at radius 3 is 2.85 bits per heavy atom. The summed E-state index contributed by atoms with van der Waals surface area (Å²) in [6.45, 7) is 2.41. The number of aromatic nitrogens is 2. The van der Waals surface area contributed by atoms with E-state index >= 15 is 0 Å². The molecule has 0 N–H and O–H groups in total. The van der Waals surface area contributed by atoms with Crippen molar-refractivity contribution in [3.8, 4) is 0 Å². The Morgan fingerprint density at radius 2 is 2.04 bits per heavy atom. The number of imidazole rings is 1. The Balaban J connectivity index is 1.38. The van der Waals surface area contributed by atoms with Crippen LogP contribution in [0.4, 0.5) is 0 Å². The van der Waals surface area contributed by atoms with Gasteiger partial charge in [-0.05, 0) is 44.2 Å². The highest BCUT2D eigenvalue weighted by Gasteiger charge is 2.48. The Kier molecular flexibility index (Phi) is 3.78. The van der Waals surface area contributed by atoms with Crippen molar-refractivity contribution in [3.63, 3.8) is 0 Å². The summed E-state index contributed by atoms with van der Waals surface area (Å²) in [7, 11) is 1.88. The van der Waals surface area contributed by atoms with Gasteiger partial charge in [-0.25, -0.2) is 4.98 Å². The number of hydrogen-bond donors (Lipinski definition) is 0. The molecule has 2 amide bonds. The summed E-state index contributed by atoms with van der Waals surface area (Å²) in [5.74, 6) is 1.87. The standard InChI is InChI=1S/C21H26N4O2/c1-23-11-4-9-21(20(23)27)10-12-24(14-21)18(26)13-25-17-6-3-2-5-16(17)22-19(25)15-7-8-15/h2-3,5-6,15H,4,7-14H2,1H3/t21-/m0/s1. The fraction of sp³-hybridized carbons (Fsp3) is 0.571. The Hall–Kier alpha value is -2.37. The van der Waals surface area contributed by atoms with Gasteiger partial charge >= 0.3 is 0 Å². The number of amides is 2. The second kappa shape index (κ2) is 6.08. The van der Waals surface area contributed by atoms with Gasteiger partial charge in [-0.1, -0.05) is 12.1 Å². The zero-order valence-electron chi connectivity index (χ0n) is 15.9. The van der Waals surface area contributed by atoms with E-state index in [1.54, 1.807) is 0 Å². The van der Waals surface area contributed by atoms with Crippen molar-refractivity contribution >= 4 is 22.8 Å². The topological polar surface area (TPSA) is 58.4 Å². The van der Waals surface area contributed by atoms with Crippen LogP contribution in [0.1, 0.15) is 43.8 Å². The Labute approximate surface area is 159 Å². The summed E-state index contributed by atoms with van der Waals surface area (Å²) in [4.78, 5) is 34.4. The molecule has 2 saturated heterocycles. The van der Waals surface area contributed by atoms with Crippen LogP contribution in [0.3, 0.4) is 0 Å². The Morgan fingerprint density at radius 1 is 1.22 bits per heavy atom. The van der Waals surface area contributed by atoms with Gasteiger partial charge < -0.3 is 14.4 Å². The molecule has 6 heteroatoms. The van der Waals surface area contributed by atoms with Gasteiger partial charge in [0.15, 0.2) is 0 Å². The Bertz CT molecular complexity index is 916. The molecule has 1 aliphatic carbocycles. The molecule has 1 atom stereocenters.